The minimum atomic E-state index is -0.841. The molecule has 4 heteroatoms. The van der Waals surface area contributed by atoms with Gasteiger partial charge in [0.05, 0.1) is 0 Å². The van der Waals surface area contributed by atoms with E-state index < -0.39 is 12.0 Å². The Labute approximate surface area is 124 Å². The number of phenols is 1. The number of carboxylic acids is 1. The molecular formula is C17H21NO3. The van der Waals surface area contributed by atoms with Crippen LogP contribution < -0.4 is 0 Å². The molecule has 0 heterocycles. The number of hydrogen-bond donors (Lipinski definition) is 2. The predicted molar refractivity (Wildman–Crippen MR) is 83.5 cm³/mol. The third-order valence-corrected chi connectivity index (χ3v) is 4.16. The monoisotopic (exact) mass is 287 g/mol. The van der Waals surface area contributed by atoms with E-state index in [-0.39, 0.29) is 11.8 Å². The van der Waals surface area contributed by atoms with Gasteiger partial charge in [0.1, 0.15) is 11.8 Å². The van der Waals surface area contributed by atoms with Crippen molar-refractivity contribution in [2.45, 2.75) is 32.4 Å². The molecule has 0 fully saturated rings. The maximum atomic E-state index is 11.3. The molecule has 0 aliphatic carbocycles. The Morgan fingerprint density at radius 2 is 1.90 bits per heavy atom. The second-order valence-corrected chi connectivity index (χ2v) is 5.33. The van der Waals surface area contributed by atoms with Gasteiger partial charge in [0.25, 0.3) is 0 Å². The highest BCUT2D eigenvalue weighted by molar-refractivity contribution is 5.89. The van der Waals surface area contributed by atoms with Gasteiger partial charge in [0.15, 0.2) is 0 Å². The summed E-state index contributed by atoms with van der Waals surface area (Å²) in [6.45, 7) is 3.76. The normalized spacial score (nSPS) is 14.3. The van der Waals surface area contributed by atoms with E-state index in [2.05, 4.69) is 0 Å². The van der Waals surface area contributed by atoms with Gasteiger partial charge in [-0.2, -0.15) is 0 Å². The zero-order valence-electron chi connectivity index (χ0n) is 12.6. The fourth-order valence-corrected chi connectivity index (χ4v) is 2.74. The third kappa shape index (κ3) is 2.85. The highest BCUT2D eigenvalue weighted by Crippen LogP contribution is 2.35. The van der Waals surface area contributed by atoms with E-state index in [0.29, 0.717) is 6.42 Å². The van der Waals surface area contributed by atoms with Crippen molar-refractivity contribution in [1.82, 2.24) is 4.90 Å². The highest BCUT2D eigenvalue weighted by Gasteiger charge is 2.26. The molecule has 2 N–H and O–H groups in total. The summed E-state index contributed by atoms with van der Waals surface area (Å²) in [4.78, 5) is 13.1. The van der Waals surface area contributed by atoms with E-state index in [1.165, 1.54) is 0 Å². The van der Waals surface area contributed by atoms with Crippen molar-refractivity contribution in [3.8, 4) is 5.75 Å². The second-order valence-electron chi connectivity index (χ2n) is 5.33. The summed E-state index contributed by atoms with van der Waals surface area (Å²) in [7, 11) is 1.78. The van der Waals surface area contributed by atoms with Gasteiger partial charge >= 0.3 is 5.97 Å². The van der Waals surface area contributed by atoms with E-state index >= 15 is 0 Å². The molecule has 0 aromatic heterocycles. The van der Waals surface area contributed by atoms with Gasteiger partial charge in [0, 0.05) is 17.0 Å². The standard InChI is InChI=1S/C17H21NO3/c1-4-15(17(20)21)18(3)11(2)13-10-9-12-7-5-6-8-14(12)16(13)19/h5-11,15,19H,4H2,1-3H3,(H,20,21). The topological polar surface area (TPSA) is 60.8 Å². The average Bonchev–Trinajstić information content (AvgIpc) is 2.47. The lowest BCUT2D eigenvalue weighted by Crippen LogP contribution is -2.39. The summed E-state index contributed by atoms with van der Waals surface area (Å²) in [5.74, 6) is -0.611. The molecule has 0 bridgehead atoms. The molecule has 2 aromatic carbocycles. The van der Waals surface area contributed by atoms with Crippen molar-refractivity contribution >= 4 is 16.7 Å². The fraction of sp³-hybridized carbons (Fsp3) is 0.353. The number of fused-ring (bicyclic) bond motifs is 1. The minimum absolute atomic E-state index is 0.185. The van der Waals surface area contributed by atoms with Crippen LogP contribution in [0.3, 0.4) is 0 Å². The summed E-state index contributed by atoms with van der Waals surface area (Å²) < 4.78 is 0. The molecule has 2 aromatic rings. The van der Waals surface area contributed by atoms with E-state index in [9.17, 15) is 15.0 Å². The third-order valence-electron chi connectivity index (χ3n) is 4.16. The number of aliphatic carboxylic acids is 1. The first-order chi connectivity index (χ1) is 9.97. The predicted octanol–water partition coefficient (Wildman–Crippen LogP) is 3.40. The van der Waals surface area contributed by atoms with Crippen LogP contribution in [0.15, 0.2) is 36.4 Å². The van der Waals surface area contributed by atoms with Crippen LogP contribution in [0.5, 0.6) is 5.75 Å². The van der Waals surface area contributed by atoms with Crippen LogP contribution in [0.25, 0.3) is 10.8 Å². The summed E-state index contributed by atoms with van der Waals surface area (Å²) in [6.07, 6.45) is 0.518. The number of aromatic hydroxyl groups is 1. The number of nitrogens with zero attached hydrogens (tertiary/aromatic N) is 1. The highest BCUT2D eigenvalue weighted by atomic mass is 16.4. The number of carbonyl (C=O) groups is 1. The fourth-order valence-electron chi connectivity index (χ4n) is 2.74. The Kier molecular flexibility index (Phi) is 4.48. The Bertz CT molecular complexity index is 654. The van der Waals surface area contributed by atoms with Crippen LogP contribution in [0.1, 0.15) is 31.9 Å². The van der Waals surface area contributed by atoms with Gasteiger partial charge in [0.2, 0.25) is 0 Å². The first-order valence-electron chi connectivity index (χ1n) is 7.12. The lowest BCUT2D eigenvalue weighted by atomic mass is 9.99. The van der Waals surface area contributed by atoms with Gasteiger partial charge in [-0.1, -0.05) is 43.3 Å². The lowest BCUT2D eigenvalue weighted by molar-refractivity contribution is -0.143. The van der Waals surface area contributed by atoms with Crippen molar-refractivity contribution in [3.63, 3.8) is 0 Å². The molecule has 0 saturated carbocycles. The molecule has 0 aliphatic rings. The molecule has 0 amide bonds. The lowest BCUT2D eigenvalue weighted by Gasteiger charge is -2.30. The van der Waals surface area contributed by atoms with Gasteiger partial charge in [-0.25, -0.2) is 0 Å². The molecule has 0 aliphatic heterocycles. The summed E-state index contributed by atoms with van der Waals surface area (Å²) in [6, 6.07) is 10.7. The number of hydrogen-bond acceptors (Lipinski definition) is 3. The van der Waals surface area contributed by atoms with E-state index in [4.69, 9.17) is 0 Å². The average molecular weight is 287 g/mol. The molecular weight excluding hydrogens is 266 g/mol. The molecule has 4 nitrogen and oxygen atoms in total. The molecule has 2 atom stereocenters. The van der Waals surface area contributed by atoms with E-state index in [0.717, 1.165) is 16.3 Å². The summed E-state index contributed by atoms with van der Waals surface area (Å²) >= 11 is 0. The molecule has 2 unspecified atom stereocenters. The first-order valence-corrected chi connectivity index (χ1v) is 7.12. The van der Waals surface area contributed by atoms with Crippen LogP contribution >= 0.6 is 0 Å². The first kappa shape index (κ1) is 15.3. The van der Waals surface area contributed by atoms with Crippen LogP contribution in [0.4, 0.5) is 0 Å². The molecule has 0 saturated heterocycles. The van der Waals surface area contributed by atoms with Crippen molar-refractivity contribution in [2.75, 3.05) is 7.05 Å². The van der Waals surface area contributed by atoms with Crippen LogP contribution in [0.2, 0.25) is 0 Å². The number of benzene rings is 2. The molecule has 112 valence electrons. The SMILES string of the molecule is CCC(C(=O)O)N(C)C(C)c1ccc2ccccc2c1O. The zero-order chi connectivity index (χ0) is 15.6. The van der Waals surface area contributed by atoms with Crippen molar-refractivity contribution in [2.24, 2.45) is 0 Å². The van der Waals surface area contributed by atoms with E-state index in [1.807, 2.05) is 50.2 Å². The maximum Gasteiger partial charge on any atom is 0.320 e. The number of likely N-dealkylation sites (N-methyl/N-ethyl adjacent to an activating group) is 1. The van der Waals surface area contributed by atoms with Gasteiger partial charge in [-0.3, -0.25) is 9.69 Å². The molecule has 0 spiro atoms. The van der Waals surface area contributed by atoms with Crippen molar-refractivity contribution in [3.05, 3.63) is 42.0 Å². The molecule has 21 heavy (non-hydrogen) atoms. The quantitative estimate of drug-likeness (QED) is 0.884. The second kappa shape index (κ2) is 6.14. The van der Waals surface area contributed by atoms with Crippen molar-refractivity contribution in [1.29, 1.82) is 0 Å². The maximum absolute atomic E-state index is 11.3. The van der Waals surface area contributed by atoms with Gasteiger partial charge in [-0.05, 0) is 25.8 Å². The Hall–Kier alpha value is -2.07. The number of carboxylic acid groups (broad SMARTS) is 1. The largest absolute Gasteiger partial charge is 0.507 e. The number of rotatable bonds is 5. The summed E-state index contributed by atoms with van der Waals surface area (Å²) in [5.41, 5.74) is 0.746. The van der Waals surface area contributed by atoms with Crippen molar-refractivity contribution < 1.29 is 15.0 Å². The Morgan fingerprint density at radius 1 is 1.24 bits per heavy atom. The van der Waals surface area contributed by atoms with Crippen LogP contribution in [-0.2, 0) is 4.79 Å². The Balaban J connectivity index is 2.41. The zero-order valence-corrected chi connectivity index (χ0v) is 12.6. The molecule has 2 rings (SSSR count). The smallest absolute Gasteiger partial charge is 0.320 e. The summed E-state index contributed by atoms with van der Waals surface area (Å²) in [5, 5.41) is 21.5. The Morgan fingerprint density at radius 3 is 2.52 bits per heavy atom. The number of phenolic OH excluding ortho intramolecular Hbond substituents is 1. The van der Waals surface area contributed by atoms with Crippen LogP contribution in [0, 0.1) is 0 Å². The van der Waals surface area contributed by atoms with Gasteiger partial charge in [-0.15, -0.1) is 0 Å². The van der Waals surface area contributed by atoms with Gasteiger partial charge < -0.3 is 10.2 Å². The van der Waals surface area contributed by atoms with E-state index in [1.54, 1.807) is 11.9 Å². The minimum Gasteiger partial charge on any atom is -0.507 e. The van der Waals surface area contributed by atoms with Crippen LogP contribution in [-0.4, -0.2) is 34.2 Å². The molecule has 0 radical (unpaired) electrons.